The highest BCUT2D eigenvalue weighted by Gasteiger charge is 2.25. The first-order chi connectivity index (χ1) is 10.4. The number of carbonyl (C=O) groups excluding carboxylic acids is 1. The summed E-state index contributed by atoms with van der Waals surface area (Å²) in [4.78, 5) is 11.9. The maximum absolute atomic E-state index is 11.9. The second-order valence-corrected chi connectivity index (χ2v) is 6.02. The Labute approximate surface area is 130 Å². The SMILES string of the molecule is COCC(N)C(=O)NCC(C)(C)c1ccc2c(c1)OCCO2. The fraction of sp³-hybridized carbons (Fsp3) is 0.562. The van der Waals surface area contributed by atoms with Gasteiger partial charge in [-0.15, -0.1) is 0 Å². The van der Waals surface area contributed by atoms with Gasteiger partial charge in [0.25, 0.3) is 0 Å². The Balaban J connectivity index is 2.02. The van der Waals surface area contributed by atoms with Gasteiger partial charge in [-0.1, -0.05) is 19.9 Å². The molecule has 3 N–H and O–H groups in total. The number of benzene rings is 1. The van der Waals surface area contributed by atoms with E-state index in [0.29, 0.717) is 19.8 Å². The van der Waals surface area contributed by atoms with Crippen LogP contribution in [0.4, 0.5) is 0 Å². The molecule has 22 heavy (non-hydrogen) atoms. The first-order valence-corrected chi connectivity index (χ1v) is 7.36. The van der Waals surface area contributed by atoms with Gasteiger partial charge in [-0.25, -0.2) is 0 Å². The molecule has 0 bridgehead atoms. The normalized spacial score (nSPS) is 15.3. The van der Waals surface area contributed by atoms with Crippen LogP contribution in [0, 0.1) is 0 Å². The third-order valence-electron chi connectivity index (χ3n) is 3.71. The molecule has 0 saturated carbocycles. The number of ether oxygens (including phenoxy) is 3. The Morgan fingerprint density at radius 2 is 2.05 bits per heavy atom. The molecule has 1 amide bonds. The van der Waals surface area contributed by atoms with Crippen LogP contribution in [-0.2, 0) is 14.9 Å². The minimum absolute atomic E-state index is 0.205. The molecule has 1 aromatic rings. The number of amides is 1. The van der Waals surface area contributed by atoms with Crippen molar-refractivity contribution in [3.63, 3.8) is 0 Å². The van der Waals surface area contributed by atoms with Crippen molar-refractivity contribution in [1.82, 2.24) is 5.32 Å². The van der Waals surface area contributed by atoms with Crippen molar-refractivity contribution in [2.75, 3.05) is 33.5 Å². The summed E-state index contributed by atoms with van der Waals surface area (Å²) in [6.45, 7) is 5.92. The summed E-state index contributed by atoms with van der Waals surface area (Å²) in [5.74, 6) is 1.30. The van der Waals surface area contributed by atoms with E-state index >= 15 is 0 Å². The van der Waals surface area contributed by atoms with Gasteiger partial charge >= 0.3 is 0 Å². The molecule has 1 aliphatic rings. The van der Waals surface area contributed by atoms with Crippen LogP contribution < -0.4 is 20.5 Å². The molecule has 0 radical (unpaired) electrons. The Bertz CT molecular complexity index is 531. The van der Waals surface area contributed by atoms with E-state index in [-0.39, 0.29) is 17.9 Å². The van der Waals surface area contributed by atoms with E-state index in [0.717, 1.165) is 17.1 Å². The van der Waals surface area contributed by atoms with Gasteiger partial charge < -0.3 is 25.3 Å². The molecule has 0 aromatic heterocycles. The van der Waals surface area contributed by atoms with Crippen LogP contribution in [0.2, 0.25) is 0 Å². The van der Waals surface area contributed by atoms with Gasteiger partial charge in [0.15, 0.2) is 11.5 Å². The molecule has 0 saturated heterocycles. The average Bonchev–Trinajstić information content (AvgIpc) is 2.52. The summed E-state index contributed by atoms with van der Waals surface area (Å²) in [7, 11) is 1.52. The largest absolute Gasteiger partial charge is 0.486 e. The van der Waals surface area contributed by atoms with Crippen LogP contribution in [0.1, 0.15) is 19.4 Å². The van der Waals surface area contributed by atoms with Gasteiger partial charge in [-0.2, -0.15) is 0 Å². The lowest BCUT2D eigenvalue weighted by Gasteiger charge is -2.28. The molecule has 122 valence electrons. The minimum Gasteiger partial charge on any atom is -0.486 e. The molecule has 0 aliphatic carbocycles. The first kappa shape index (κ1) is 16.6. The van der Waals surface area contributed by atoms with E-state index < -0.39 is 6.04 Å². The minimum atomic E-state index is -0.652. The highest BCUT2D eigenvalue weighted by Crippen LogP contribution is 2.34. The summed E-state index contributed by atoms with van der Waals surface area (Å²) in [5, 5.41) is 2.87. The number of methoxy groups -OCH3 is 1. The van der Waals surface area contributed by atoms with Crippen molar-refractivity contribution in [2.45, 2.75) is 25.3 Å². The third-order valence-corrected chi connectivity index (χ3v) is 3.71. The molecule has 1 aliphatic heterocycles. The molecule has 0 fully saturated rings. The van der Waals surface area contributed by atoms with E-state index in [2.05, 4.69) is 19.2 Å². The van der Waals surface area contributed by atoms with Crippen molar-refractivity contribution < 1.29 is 19.0 Å². The lowest BCUT2D eigenvalue weighted by Crippen LogP contribution is -2.47. The Hall–Kier alpha value is -1.79. The second-order valence-electron chi connectivity index (χ2n) is 6.02. The van der Waals surface area contributed by atoms with Gasteiger partial charge in [-0.3, -0.25) is 4.79 Å². The topological polar surface area (TPSA) is 82.8 Å². The highest BCUT2D eigenvalue weighted by molar-refractivity contribution is 5.81. The number of nitrogens with one attached hydrogen (secondary N) is 1. The summed E-state index contributed by atoms with van der Waals surface area (Å²) in [6, 6.07) is 5.22. The van der Waals surface area contributed by atoms with Crippen molar-refractivity contribution in [3.8, 4) is 11.5 Å². The molecule has 1 atom stereocenters. The number of nitrogens with two attached hydrogens (primary N) is 1. The zero-order chi connectivity index (χ0) is 16.2. The number of hydrogen-bond donors (Lipinski definition) is 2. The van der Waals surface area contributed by atoms with Gasteiger partial charge in [0.2, 0.25) is 5.91 Å². The zero-order valence-corrected chi connectivity index (χ0v) is 13.3. The molecule has 6 nitrogen and oxygen atoms in total. The zero-order valence-electron chi connectivity index (χ0n) is 13.3. The molecule has 6 heteroatoms. The lowest BCUT2D eigenvalue weighted by molar-refractivity contribution is -0.123. The van der Waals surface area contributed by atoms with Crippen LogP contribution in [0.3, 0.4) is 0 Å². The van der Waals surface area contributed by atoms with Gasteiger partial charge in [-0.05, 0) is 17.7 Å². The quantitative estimate of drug-likeness (QED) is 0.813. The molecule has 0 spiro atoms. The Kier molecular flexibility index (Phi) is 5.26. The second kappa shape index (κ2) is 6.98. The summed E-state index contributed by atoms with van der Waals surface area (Å²) >= 11 is 0. The predicted octanol–water partition coefficient (Wildman–Crippen LogP) is 0.825. The number of carbonyl (C=O) groups is 1. The van der Waals surface area contributed by atoms with Gasteiger partial charge in [0, 0.05) is 19.1 Å². The number of fused-ring (bicyclic) bond motifs is 1. The van der Waals surface area contributed by atoms with Crippen LogP contribution in [-0.4, -0.2) is 45.4 Å². The monoisotopic (exact) mass is 308 g/mol. The molecule has 2 rings (SSSR count). The Morgan fingerprint density at radius 3 is 2.73 bits per heavy atom. The van der Waals surface area contributed by atoms with Crippen LogP contribution in [0.5, 0.6) is 11.5 Å². The van der Waals surface area contributed by atoms with Crippen molar-refractivity contribution >= 4 is 5.91 Å². The summed E-state index contributed by atoms with van der Waals surface area (Å²) < 4.78 is 16.0. The molecule has 1 aromatic carbocycles. The number of hydrogen-bond acceptors (Lipinski definition) is 5. The maximum atomic E-state index is 11.9. The Morgan fingerprint density at radius 1 is 1.36 bits per heavy atom. The molecule has 1 unspecified atom stereocenters. The predicted molar refractivity (Wildman–Crippen MR) is 83.3 cm³/mol. The van der Waals surface area contributed by atoms with Crippen molar-refractivity contribution in [3.05, 3.63) is 23.8 Å². The van der Waals surface area contributed by atoms with E-state index in [1.54, 1.807) is 0 Å². The standard InChI is InChI=1S/C16H24N2O4/c1-16(2,10-18-15(19)12(17)9-20-3)11-4-5-13-14(8-11)22-7-6-21-13/h4-5,8,12H,6-7,9-10,17H2,1-3H3,(H,18,19). The summed E-state index contributed by atoms with van der Waals surface area (Å²) in [5.41, 5.74) is 6.53. The molecular formula is C16H24N2O4. The highest BCUT2D eigenvalue weighted by atomic mass is 16.6. The van der Waals surface area contributed by atoms with Crippen LogP contribution >= 0.6 is 0 Å². The fourth-order valence-corrected chi connectivity index (χ4v) is 2.26. The van der Waals surface area contributed by atoms with Crippen LogP contribution in [0.25, 0.3) is 0 Å². The first-order valence-electron chi connectivity index (χ1n) is 7.36. The van der Waals surface area contributed by atoms with Gasteiger partial charge in [0.1, 0.15) is 19.3 Å². The van der Waals surface area contributed by atoms with E-state index in [9.17, 15) is 4.79 Å². The number of rotatable bonds is 6. The smallest absolute Gasteiger partial charge is 0.239 e. The molecular weight excluding hydrogens is 284 g/mol. The fourth-order valence-electron chi connectivity index (χ4n) is 2.26. The van der Waals surface area contributed by atoms with E-state index in [1.807, 2.05) is 18.2 Å². The maximum Gasteiger partial charge on any atom is 0.239 e. The lowest BCUT2D eigenvalue weighted by atomic mass is 9.84. The third kappa shape index (κ3) is 3.90. The van der Waals surface area contributed by atoms with Gasteiger partial charge in [0.05, 0.1) is 6.61 Å². The van der Waals surface area contributed by atoms with Crippen molar-refractivity contribution in [1.29, 1.82) is 0 Å². The molecule has 1 heterocycles. The van der Waals surface area contributed by atoms with E-state index in [1.165, 1.54) is 7.11 Å². The van der Waals surface area contributed by atoms with E-state index in [4.69, 9.17) is 19.9 Å². The average molecular weight is 308 g/mol. The van der Waals surface area contributed by atoms with Crippen molar-refractivity contribution in [2.24, 2.45) is 5.73 Å². The van der Waals surface area contributed by atoms with Crippen LogP contribution in [0.15, 0.2) is 18.2 Å². The summed E-state index contributed by atoms with van der Waals surface area (Å²) in [6.07, 6.45) is 0.